The van der Waals surface area contributed by atoms with E-state index in [0.717, 1.165) is 9.87 Å². The highest BCUT2D eigenvalue weighted by Crippen LogP contribution is 2.37. The molecule has 3 atom stereocenters. The van der Waals surface area contributed by atoms with E-state index in [1.807, 2.05) is 30.3 Å². The molecule has 11 heteroatoms. The lowest BCUT2D eigenvalue weighted by molar-refractivity contribution is -0.173. The van der Waals surface area contributed by atoms with Crippen molar-refractivity contribution in [1.82, 2.24) is 13.3 Å². The normalized spacial score (nSPS) is 20.6. The van der Waals surface area contributed by atoms with Gasteiger partial charge in [0.05, 0.1) is 25.1 Å². The maximum Gasteiger partial charge on any atom is 0.308 e. The van der Waals surface area contributed by atoms with Crippen molar-refractivity contribution in [1.29, 1.82) is 0 Å². The van der Waals surface area contributed by atoms with Gasteiger partial charge in [-0.2, -0.15) is 12.7 Å². The molecule has 36 heavy (non-hydrogen) atoms. The van der Waals surface area contributed by atoms with Crippen LogP contribution < -0.4 is 5.45 Å². The van der Waals surface area contributed by atoms with Gasteiger partial charge >= 0.3 is 10.2 Å². The van der Waals surface area contributed by atoms with Crippen LogP contribution in [0.4, 0.5) is 0 Å². The fraction of sp³-hybridized carbons (Fsp3) is 0.640. The number of benzene rings is 1. The number of rotatable bonds is 9. The first-order chi connectivity index (χ1) is 16.5. The van der Waals surface area contributed by atoms with Gasteiger partial charge < -0.3 is 19.3 Å². The van der Waals surface area contributed by atoms with Crippen LogP contribution in [0.3, 0.4) is 0 Å². The zero-order valence-electron chi connectivity index (χ0n) is 22.8. The maximum absolute atomic E-state index is 13.6. The molecule has 0 aliphatic carbocycles. The number of aliphatic hydroxyl groups is 1. The van der Waals surface area contributed by atoms with Crippen molar-refractivity contribution in [3.63, 3.8) is 0 Å². The van der Waals surface area contributed by atoms with E-state index in [-0.39, 0.29) is 23.9 Å². The van der Waals surface area contributed by atoms with Gasteiger partial charge in [-0.25, -0.2) is 8.96 Å². The Bertz CT molecular complexity index is 1140. The predicted octanol–water partition coefficient (Wildman–Crippen LogP) is 3.02. The van der Waals surface area contributed by atoms with Crippen LogP contribution in [0.2, 0.25) is 18.1 Å². The summed E-state index contributed by atoms with van der Waals surface area (Å²) in [6.07, 6.45) is -1.38. The first-order valence-electron chi connectivity index (χ1n) is 12.2. The molecule has 0 amide bonds. The second kappa shape index (κ2) is 10.3. The number of nitrogens with zero attached hydrogens (tertiary/aromatic N) is 3. The largest absolute Gasteiger partial charge is 0.384 e. The highest BCUT2D eigenvalue weighted by molar-refractivity contribution is 7.87. The van der Waals surface area contributed by atoms with E-state index in [9.17, 15) is 13.5 Å². The van der Waals surface area contributed by atoms with E-state index in [1.54, 1.807) is 13.8 Å². The summed E-state index contributed by atoms with van der Waals surface area (Å²) in [5, 5.41) is 11.5. The Hall–Kier alpha value is -1.60. The molecular weight excluding hydrogens is 498 g/mol. The highest BCUT2D eigenvalue weighted by atomic mass is 32.2. The maximum atomic E-state index is 13.6. The van der Waals surface area contributed by atoms with Crippen molar-refractivity contribution in [2.45, 2.75) is 83.5 Å². The summed E-state index contributed by atoms with van der Waals surface area (Å²) in [4.78, 5) is 4.61. The van der Waals surface area contributed by atoms with Gasteiger partial charge in [-0.05, 0) is 24.4 Å². The van der Waals surface area contributed by atoms with Gasteiger partial charge in [-0.1, -0.05) is 64.2 Å². The zero-order chi connectivity index (χ0) is 27.1. The van der Waals surface area contributed by atoms with Crippen molar-refractivity contribution in [3.8, 4) is 0 Å². The Labute approximate surface area is 216 Å². The average molecular weight is 540 g/mol. The highest BCUT2D eigenvalue weighted by Gasteiger charge is 2.47. The van der Waals surface area contributed by atoms with Gasteiger partial charge in [0.1, 0.15) is 31.8 Å². The first-order valence-corrected chi connectivity index (χ1v) is 16.6. The molecule has 0 spiro atoms. The van der Waals surface area contributed by atoms with Crippen LogP contribution in [0.5, 0.6) is 0 Å². The van der Waals surface area contributed by atoms with Crippen molar-refractivity contribution in [2.75, 3.05) is 20.7 Å². The fourth-order valence-corrected chi connectivity index (χ4v) is 7.66. The third-order valence-electron chi connectivity index (χ3n) is 7.17. The topological polar surface area (TPSA) is 103 Å². The van der Waals surface area contributed by atoms with Gasteiger partial charge in [0.2, 0.25) is 0 Å². The van der Waals surface area contributed by atoms with Crippen molar-refractivity contribution in [3.05, 3.63) is 47.8 Å². The average Bonchev–Trinajstić information content (AvgIpc) is 3.38. The minimum absolute atomic E-state index is 0.148. The quantitative estimate of drug-likeness (QED) is 0.489. The van der Waals surface area contributed by atoms with E-state index < -0.39 is 42.4 Å². The van der Waals surface area contributed by atoms with Crippen LogP contribution in [0.1, 0.15) is 52.0 Å². The number of aromatic nitrogens is 2. The van der Waals surface area contributed by atoms with Crippen molar-refractivity contribution in [2.24, 2.45) is 0 Å². The summed E-state index contributed by atoms with van der Waals surface area (Å²) in [5.74, 6) is -0.846. The number of hydrogen-bond donors (Lipinski definition) is 1. The molecule has 1 fully saturated rings. The Balaban J connectivity index is 2.10. The number of ether oxygens (including phenoxy) is 3. The molecule has 0 bridgehead atoms. The summed E-state index contributed by atoms with van der Waals surface area (Å²) in [6.45, 7) is 14.5. The van der Waals surface area contributed by atoms with Gasteiger partial charge in [-0.3, -0.25) is 0 Å². The second-order valence-electron chi connectivity index (χ2n) is 11.5. The second-order valence-corrected chi connectivity index (χ2v) is 18.7. The van der Waals surface area contributed by atoms with E-state index in [4.69, 9.17) is 14.2 Å². The van der Waals surface area contributed by atoms with Crippen LogP contribution in [-0.2, 0) is 31.0 Å². The third-order valence-corrected chi connectivity index (χ3v) is 14.3. The standard InChI is InChI=1S/C25H41N3O6SSi/c1-24(2,3)36(8,9)23-26-15-19(28(23)35(30,31)27(6)7)21(29)22(20-17-33-25(4,5)34-20)32-16-18-13-11-10-12-14-18/h10-15,20-22,29H,16-17H2,1-9H3/t20-,21-,22-/m0/s1. The molecule has 1 N–H and O–H groups in total. The molecule has 1 aromatic heterocycles. The van der Waals surface area contributed by atoms with Crippen LogP contribution >= 0.6 is 0 Å². The smallest absolute Gasteiger partial charge is 0.308 e. The zero-order valence-corrected chi connectivity index (χ0v) is 24.7. The van der Waals surface area contributed by atoms with Crippen molar-refractivity contribution < 1.29 is 27.7 Å². The van der Waals surface area contributed by atoms with Gasteiger partial charge in [0.25, 0.3) is 0 Å². The predicted molar refractivity (Wildman–Crippen MR) is 142 cm³/mol. The first kappa shape index (κ1) is 29.0. The number of hydrogen-bond acceptors (Lipinski definition) is 7. The molecule has 1 aliphatic heterocycles. The van der Waals surface area contributed by atoms with Crippen molar-refractivity contribution >= 4 is 23.7 Å². The summed E-state index contributed by atoms with van der Waals surface area (Å²) in [5.41, 5.74) is 1.54. The summed E-state index contributed by atoms with van der Waals surface area (Å²) in [7, 11) is -3.48. The molecule has 0 unspecified atom stereocenters. The number of imidazole rings is 1. The van der Waals surface area contributed by atoms with Gasteiger partial charge in [0.15, 0.2) is 5.79 Å². The van der Waals surface area contributed by atoms with Crippen LogP contribution in [0.25, 0.3) is 0 Å². The summed E-state index contributed by atoms with van der Waals surface area (Å²) < 4.78 is 47.6. The molecule has 9 nitrogen and oxygen atoms in total. The fourth-order valence-electron chi connectivity index (χ4n) is 3.92. The lowest BCUT2D eigenvalue weighted by atomic mass is 10.1. The van der Waals surface area contributed by atoms with Gasteiger partial charge in [0, 0.05) is 14.1 Å². The third kappa shape index (κ3) is 5.77. The summed E-state index contributed by atoms with van der Waals surface area (Å²) >= 11 is 0. The monoisotopic (exact) mass is 539 g/mol. The van der Waals surface area contributed by atoms with Crippen LogP contribution in [0.15, 0.2) is 36.5 Å². The SMILES string of the molecule is CN(C)S(=O)(=O)n1c([C@H](O)[C@@H](OCc2ccccc2)[C@@H]2COC(C)(C)O2)cnc1[Si](C)(C)C(C)(C)C. The Kier molecular flexibility index (Phi) is 8.27. The molecule has 1 aliphatic rings. The molecule has 0 saturated carbocycles. The van der Waals surface area contributed by atoms with E-state index >= 15 is 0 Å². The number of aliphatic hydroxyl groups excluding tert-OH is 1. The molecule has 2 aromatic rings. The minimum Gasteiger partial charge on any atom is -0.384 e. The molecule has 1 aromatic carbocycles. The van der Waals surface area contributed by atoms with Crippen LogP contribution in [-0.4, -0.2) is 73.6 Å². The van der Waals surface area contributed by atoms with Crippen LogP contribution in [0, 0.1) is 0 Å². The summed E-state index contributed by atoms with van der Waals surface area (Å²) in [6, 6.07) is 9.59. The Morgan fingerprint density at radius 2 is 1.86 bits per heavy atom. The Morgan fingerprint density at radius 3 is 2.36 bits per heavy atom. The van der Waals surface area contributed by atoms with E-state index in [1.165, 1.54) is 24.3 Å². The van der Waals surface area contributed by atoms with E-state index in [0.29, 0.717) is 5.45 Å². The minimum atomic E-state index is -4.00. The molecule has 202 valence electrons. The molecule has 1 saturated heterocycles. The molecule has 0 radical (unpaired) electrons. The van der Waals surface area contributed by atoms with Gasteiger partial charge in [-0.15, -0.1) is 0 Å². The lowest BCUT2D eigenvalue weighted by Crippen LogP contribution is -2.56. The lowest BCUT2D eigenvalue weighted by Gasteiger charge is -2.37. The molecule has 2 heterocycles. The molecule has 3 rings (SSSR count). The Morgan fingerprint density at radius 1 is 1.25 bits per heavy atom. The molecular formula is C25H41N3O6SSi. The van der Waals surface area contributed by atoms with E-state index in [2.05, 4.69) is 38.8 Å².